The van der Waals surface area contributed by atoms with Gasteiger partial charge in [-0.1, -0.05) is 6.92 Å². The quantitative estimate of drug-likeness (QED) is 0.550. The smallest absolute Gasteiger partial charge is 0.315 e. The fraction of sp³-hybridized carbons (Fsp3) is 0.833. The molecule has 0 aliphatic carbocycles. The summed E-state index contributed by atoms with van der Waals surface area (Å²) in [5.74, 6) is 0. The number of urea groups is 1. The Morgan fingerprint density at radius 3 is 2.67 bits per heavy atom. The van der Waals surface area contributed by atoms with E-state index < -0.39 is 0 Å². The average Bonchev–Trinajstić information content (AvgIpc) is 1.61. The Hall–Kier alpha value is -0.730. The van der Waals surface area contributed by atoms with Crippen molar-refractivity contribution in [3.05, 3.63) is 0 Å². The predicted octanol–water partition coefficient (Wildman–Crippen LogP) is 0.549. The van der Waals surface area contributed by atoms with Crippen molar-refractivity contribution in [2.45, 2.75) is 25.8 Å². The van der Waals surface area contributed by atoms with E-state index in [0.717, 1.165) is 19.4 Å². The van der Waals surface area contributed by atoms with E-state index in [0.29, 0.717) is 6.04 Å². The fourth-order valence-corrected chi connectivity index (χ4v) is 1.16. The van der Waals surface area contributed by atoms with E-state index >= 15 is 0 Å². The molecule has 0 saturated carbocycles. The molecule has 1 heterocycles. The van der Waals surface area contributed by atoms with Gasteiger partial charge in [0.15, 0.2) is 0 Å². The van der Waals surface area contributed by atoms with E-state index in [-0.39, 0.29) is 6.03 Å². The first-order valence-electron chi connectivity index (χ1n) is 3.31. The van der Waals surface area contributed by atoms with Crippen molar-refractivity contribution in [3.63, 3.8) is 0 Å². The highest BCUT2D eigenvalue weighted by atomic mass is 16.2. The van der Waals surface area contributed by atoms with Gasteiger partial charge in [-0.25, -0.2) is 4.79 Å². The van der Waals surface area contributed by atoms with Gasteiger partial charge in [-0.3, -0.25) is 0 Å². The maximum Gasteiger partial charge on any atom is 0.315 e. The molecule has 3 nitrogen and oxygen atoms in total. The van der Waals surface area contributed by atoms with Crippen molar-refractivity contribution in [1.82, 2.24) is 4.90 Å². The molecule has 0 aromatic rings. The highest BCUT2D eigenvalue weighted by Gasteiger charge is 2.28. The van der Waals surface area contributed by atoms with Gasteiger partial charge in [-0.15, -0.1) is 0 Å². The molecule has 1 atom stereocenters. The first-order chi connectivity index (χ1) is 4.25. The van der Waals surface area contributed by atoms with Crippen LogP contribution in [0.1, 0.15) is 19.8 Å². The van der Waals surface area contributed by atoms with Crippen molar-refractivity contribution < 1.29 is 4.79 Å². The Kier molecular flexibility index (Phi) is 1.60. The van der Waals surface area contributed by atoms with Gasteiger partial charge in [0.25, 0.3) is 0 Å². The molecule has 52 valence electrons. The normalized spacial score (nSPS) is 25.4. The lowest BCUT2D eigenvalue weighted by atomic mass is 10.0. The fourth-order valence-electron chi connectivity index (χ4n) is 1.16. The maximum atomic E-state index is 10.5. The van der Waals surface area contributed by atoms with Gasteiger partial charge in [0.05, 0.1) is 0 Å². The molecular weight excluding hydrogens is 116 g/mol. The number of rotatable bonds is 1. The van der Waals surface area contributed by atoms with Gasteiger partial charge in [0, 0.05) is 12.6 Å². The zero-order valence-corrected chi connectivity index (χ0v) is 5.63. The van der Waals surface area contributed by atoms with Crippen LogP contribution in [0, 0.1) is 0 Å². The predicted molar refractivity (Wildman–Crippen MR) is 35.0 cm³/mol. The Labute approximate surface area is 54.8 Å². The molecule has 0 spiro atoms. The summed E-state index contributed by atoms with van der Waals surface area (Å²) in [6, 6.07) is 0.163. The van der Waals surface area contributed by atoms with Crippen LogP contribution < -0.4 is 5.73 Å². The highest BCUT2D eigenvalue weighted by Crippen LogP contribution is 2.18. The molecule has 1 fully saturated rings. The Bertz CT molecular complexity index is 122. The highest BCUT2D eigenvalue weighted by molar-refractivity contribution is 5.73. The van der Waals surface area contributed by atoms with Crippen LogP contribution >= 0.6 is 0 Å². The van der Waals surface area contributed by atoms with Gasteiger partial charge in [0.2, 0.25) is 0 Å². The number of primary amides is 1. The molecule has 0 aromatic carbocycles. The lowest BCUT2D eigenvalue weighted by Gasteiger charge is -2.39. The van der Waals surface area contributed by atoms with Crippen LogP contribution in [-0.2, 0) is 0 Å². The standard InChI is InChI=1S/C6H12N2O/c1-2-5-3-4-8(5)6(7)9/h5H,2-4H2,1H3,(H2,7,9)/t5-/m1/s1. The minimum absolute atomic E-state index is 0.270. The number of nitrogens with zero attached hydrogens (tertiary/aromatic N) is 1. The summed E-state index contributed by atoms with van der Waals surface area (Å²) in [6.45, 7) is 2.92. The van der Waals surface area contributed by atoms with Gasteiger partial charge in [0.1, 0.15) is 0 Å². The van der Waals surface area contributed by atoms with E-state index in [2.05, 4.69) is 6.92 Å². The molecule has 1 aliphatic rings. The van der Waals surface area contributed by atoms with Crippen LogP contribution in [0.5, 0.6) is 0 Å². The number of amides is 2. The molecule has 3 heteroatoms. The number of hydrogen-bond donors (Lipinski definition) is 1. The number of nitrogens with two attached hydrogens (primary N) is 1. The molecule has 0 bridgehead atoms. The Morgan fingerprint density at radius 2 is 2.56 bits per heavy atom. The van der Waals surface area contributed by atoms with E-state index in [9.17, 15) is 4.79 Å². The first kappa shape index (κ1) is 6.39. The molecule has 9 heavy (non-hydrogen) atoms. The van der Waals surface area contributed by atoms with E-state index in [1.165, 1.54) is 0 Å². The lowest BCUT2D eigenvalue weighted by molar-refractivity contribution is 0.120. The van der Waals surface area contributed by atoms with Crippen LogP contribution in [0.3, 0.4) is 0 Å². The molecule has 0 unspecified atom stereocenters. The molecular formula is C6H12N2O. The number of carbonyl (C=O) groups excluding carboxylic acids is 1. The zero-order valence-electron chi connectivity index (χ0n) is 5.63. The summed E-state index contributed by atoms with van der Waals surface area (Å²) >= 11 is 0. The van der Waals surface area contributed by atoms with Crippen molar-refractivity contribution in [2.75, 3.05) is 6.54 Å². The van der Waals surface area contributed by atoms with Crippen LogP contribution in [0.25, 0.3) is 0 Å². The van der Waals surface area contributed by atoms with Crippen LogP contribution in [0.2, 0.25) is 0 Å². The second-order valence-corrected chi connectivity index (χ2v) is 2.38. The number of likely N-dealkylation sites (tertiary alicyclic amines) is 1. The third kappa shape index (κ3) is 0.992. The van der Waals surface area contributed by atoms with E-state index in [1.807, 2.05) is 0 Å². The largest absolute Gasteiger partial charge is 0.351 e. The first-order valence-corrected chi connectivity index (χ1v) is 3.31. The van der Waals surface area contributed by atoms with Crippen molar-refractivity contribution in [2.24, 2.45) is 5.73 Å². The van der Waals surface area contributed by atoms with Crippen LogP contribution in [-0.4, -0.2) is 23.5 Å². The van der Waals surface area contributed by atoms with E-state index in [1.54, 1.807) is 4.90 Å². The van der Waals surface area contributed by atoms with Gasteiger partial charge in [-0.2, -0.15) is 0 Å². The molecule has 1 saturated heterocycles. The Morgan fingerprint density at radius 1 is 1.89 bits per heavy atom. The van der Waals surface area contributed by atoms with Gasteiger partial charge in [-0.05, 0) is 12.8 Å². The molecule has 1 aliphatic heterocycles. The summed E-state index contributed by atoms with van der Waals surface area (Å²) in [5, 5.41) is 0. The Balaban J connectivity index is 2.35. The third-order valence-corrected chi connectivity index (χ3v) is 1.90. The summed E-state index contributed by atoms with van der Waals surface area (Å²) in [4.78, 5) is 12.2. The molecule has 1 rings (SSSR count). The van der Waals surface area contributed by atoms with Gasteiger partial charge >= 0.3 is 6.03 Å². The van der Waals surface area contributed by atoms with Crippen molar-refractivity contribution in [1.29, 1.82) is 0 Å². The van der Waals surface area contributed by atoms with E-state index in [4.69, 9.17) is 5.73 Å². The average molecular weight is 128 g/mol. The molecule has 2 N–H and O–H groups in total. The molecule has 0 radical (unpaired) electrons. The summed E-state index contributed by atoms with van der Waals surface area (Å²) in [7, 11) is 0. The minimum atomic E-state index is -0.270. The third-order valence-electron chi connectivity index (χ3n) is 1.90. The lowest BCUT2D eigenvalue weighted by Crippen LogP contribution is -2.52. The number of carbonyl (C=O) groups is 1. The van der Waals surface area contributed by atoms with Crippen molar-refractivity contribution >= 4 is 6.03 Å². The van der Waals surface area contributed by atoms with Gasteiger partial charge < -0.3 is 10.6 Å². The topological polar surface area (TPSA) is 46.3 Å². The summed E-state index contributed by atoms with van der Waals surface area (Å²) in [6.07, 6.45) is 2.16. The maximum absolute atomic E-state index is 10.5. The van der Waals surface area contributed by atoms with Crippen LogP contribution in [0.4, 0.5) is 4.79 Å². The SMILES string of the molecule is CC[C@@H]1CCN1C(N)=O. The summed E-state index contributed by atoms with van der Waals surface area (Å²) < 4.78 is 0. The molecule has 2 amide bonds. The molecule has 0 aromatic heterocycles. The zero-order chi connectivity index (χ0) is 6.85. The second kappa shape index (κ2) is 2.25. The second-order valence-electron chi connectivity index (χ2n) is 2.38. The minimum Gasteiger partial charge on any atom is -0.351 e. The summed E-state index contributed by atoms with van der Waals surface area (Å²) in [5.41, 5.74) is 5.05. The van der Waals surface area contributed by atoms with Crippen molar-refractivity contribution in [3.8, 4) is 0 Å². The number of hydrogen-bond acceptors (Lipinski definition) is 1. The monoisotopic (exact) mass is 128 g/mol. The van der Waals surface area contributed by atoms with Crippen LogP contribution in [0.15, 0.2) is 0 Å².